The summed E-state index contributed by atoms with van der Waals surface area (Å²) in [6.45, 7) is 0.631. The average Bonchev–Trinajstić information content (AvgIpc) is 2.40. The third kappa shape index (κ3) is 3.80. The molecule has 1 N–H and O–H groups in total. The summed E-state index contributed by atoms with van der Waals surface area (Å²) in [7, 11) is 1.81. The van der Waals surface area contributed by atoms with Gasteiger partial charge in [0.1, 0.15) is 0 Å². The Balaban J connectivity index is 1.99. The molecule has 2 rings (SSSR count). The number of rotatable bonds is 3. The van der Waals surface area contributed by atoms with Crippen LogP contribution in [-0.2, 0) is 0 Å². The Hall–Kier alpha value is -0.870. The number of carbonyl (C=O) groups excluding carboxylic acids is 1. The summed E-state index contributed by atoms with van der Waals surface area (Å²) in [6.07, 6.45) is 3.87. The molecule has 0 heterocycles. The lowest BCUT2D eigenvalue weighted by molar-refractivity contribution is 0.0451. The molecule has 3 nitrogen and oxygen atoms in total. The highest BCUT2D eigenvalue weighted by Crippen LogP contribution is 2.25. The van der Waals surface area contributed by atoms with Gasteiger partial charge in [-0.3, -0.25) is 4.79 Å². The minimum atomic E-state index is -0.258. The summed E-state index contributed by atoms with van der Waals surface area (Å²) in [5.74, 6) is 0.230. The lowest BCUT2D eigenvalue weighted by Crippen LogP contribution is -2.38. The molecule has 2 unspecified atom stereocenters. The van der Waals surface area contributed by atoms with Crippen LogP contribution >= 0.6 is 15.9 Å². The first-order chi connectivity index (χ1) is 9.08. The molecule has 0 saturated heterocycles. The van der Waals surface area contributed by atoms with E-state index in [9.17, 15) is 9.90 Å². The van der Waals surface area contributed by atoms with Crippen LogP contribution < -0.4 is 0 Å². The molecule has 0 aliphatic heterocycles. The van der Waals surface area contributed by atoms with E-state index in [0.29, 0.717) is 12.1 Å². The minimum absolute atomic E-state index is 0.0130. The molecule has 4 heteroatoms. The van der Waals surface area contributed by atoms with Crippen LogP contribution in [0.5, 0.6) is 0 Å². The van der Waals surface area contributed by atoms with Crippen molar-refractivity contribution in [3.63, 3.8) is 0 Å². The van der Waals surface area contributed by atoms with Gasteiger partial charge in [0.25, 0.3) is 5.91 Å². The van der Waals surface area contributed by atoms with E-state index in [2.05, 4.69) is 15.9 Å². The number of amides is 1. The van der Waals surface area contributed by atoms with Crippen molar-refractivity contribution in [2.45, 2.75) is 31.8 Å². The summed E-state index contributed by atoms with van der Waals surface area (Å²) in [4.78, 5) is 14.0. The SMILES string of the molecule is CN(CC1CCCCC1O)C(=O)c1cccc(Br)c1. The summed E-state index contributed by atoms with van der Waals surface area (Å²) in [5, 5.41) is 9.97. The highest BCUT2D eigenvalue weighted by molar-refractivity contribution is 9.10. The minimum Gasteiger partial charge on any atom is -0.393 e. The molecule has 104 valence electrons. The fourth-order valence-electron chi connectivity index (χ4n) is 2.68. The van der Waals surface area contributed by atoms with E-state index in [4.69, 9.17) is 0 Å². The Morgan fingerprint density at radius 1 is 1.42 bits per heavy atom. The van der Waals surface area contributed by atoms with Gasteiger partial charge in [0.2, 0.25) is 0 Å². The fraction of sp³-hybridized carbons (Fsp3) is 0.533. The normalized spacial score (nSPS) is 23.1. The predicted molar refractivity (Wildman–Crippen MR) is 79.1 cm³/mol. The Morgan fingerprint density at radius 2 is 2.16 bits per heavy atom. The summed E-state index contributed by atoms with van der Waals surface area (Å²) in [5.41, 5.74) is 0.683. The smallest absolute Gasteiger partial charge is 0.253 e. The predicted octanol–water partition coefficient (Wildman–Crippen LogP) is 3.07. The standard InChI is InChI=1S/C15H20BrNO2/c1-17(10-12-5-2-3-8-14(12)18)15(19)11-6-4-7-13(16)9-11/h4,6-7,9,12,14,18H,2-3,5,8,10H2,1H3. The first-order valence-electron chi connectivity index (χ1n) is 6.77. The van der Waals surface area contributed by atoms with Crippen LogP contribution in [0, 0.1) is 5.92 Å². The van der Waals surface area contributed by atoms with Crippen molar-refractivity contribution < 1.29 is 9.90 Å². The number of aliphatic hydroxyl groups is 1. The molecule has 19 heavy (non-hydrogen) atoms. The van der Waals surface area contributed by atoms with E-state index in [1.54, 1.807) is 4.90 Å². The van der Waals surface area contributed by atoms with Crippen LogP contribution in [0.15, 0.2) is 28.7 Å². The van der Waals surface area contributed by atoms with Gasteiger partial charge in [0.15, 0.2) is 0 Å². The molecule has 1 amide bonds. The zero-order valence-corrected chi connectivity index (χ0v) is 12.8. The van der Waals surface area contributed by atoms with Gasteiger partial charge in [-0.1, -0.05) is 34.8 Å². The molecule has 0 bridgehead atoms. The van der Waals surface area contributed by atoms with E-state index >= 15 is 0 Å². The van der Waals surface area contributed by atoms with Gasteiger partial charge in [0, 0.05) is 29.5 Å². The molecule has 0 radical (unpaired) electrons. The number of benzene rings is 1. The molecule has 1 aromatic carbocycles. The maximum absolute atomic E-state index is 12.3. The van der Waals surface area contributed by atoms with Crippen LogP contribution in [0.1, 0.15) is 36.0 Å². The second kappa shape index (κ2) is 6.53. The van der Waals surface area contributed by atoms with E-state index in [1.165, 1.54) is 0 Å². The van der Waals surface area contributed by atoms with Gasteiger partial charge in [-0.15, -0.1) is 0 Å². The molecule has 0 aromatic heterocycles. The summed E-state index contributed by atoms with van der Waals surface area (Å²) in [6, 6.07) is 7.42. The van der Waals surface area contributed by atoms with Crippen molar-refractivity contribution in [3.8, 4) is 0 Å². The van der Waals surface area contributed by atoms with E-state index in [-0.39, 0.29) is 17.9 Å². The number of nitrogens with zero attached hydrogens (tertiary/aromatic N) is 1. The molecule has 1 aliphatic rings. The van der Waals surface area contributed by atoms with Crippen molar-refractivity contribution in [1.29, 1.82) is 0 Å². The maximum Gasteiger partial charge on any atom is 0.253 e. The monoisotopic (exact) mass is 325 g/mol. The van der Waals surface area contributed by atoms with Crippen LogP contribution in [0.25, 0.3) is 0 Å². The van der Waals surface area contributed by atoms with Crippen LogP contribution in [-0.4, -0.2) is 35.6 Å². The van der Waals surface area contributed by atoms with Gasteiger partial charge in [0.05, 0.1) is 6.10 Å². The molecule has 2 atom stereocenters. The van der Waals surface area contributed by atoms with Crippen LogP contribution in [0.3, 0.4) is 0 Å². The van der Waals surface area contributed by atoms with Crippen molar-refractivity contribution in [2.24, 2.45) is 5.92 Å². The zero-order valence-electron chi connectivity index (χ0n) is 11.2. The maximum atomic E-state index is 12.3. The van der Waals surface area contributed by atoms with Gasteiger partial charge in [-0.25, -0.2) is 0 Å². The van der Waals surface area contributed by atoms with Gasteiger partial charge >= 0.3 is 0 Å². The first kappa shape index (κ1) is 14.5. The van der Waals surface area contributed by atoms with Crippen LogP contribution in [0.4, 0.5) is 0 Å². The summed E-state index contributed by atoms with van der Waals surface area (Å²) < 4.78 is 0.907. The fourth-order valence-corrected chi connectivity index (χ4v) is 3.08. The largest absolute Gasteiger partial charge is 0.393 e. The van der Waals surface area contributed by atoms with Crippen molar-refractivity contribution in [1.82, 2.24) is 4.90 Å². The lowest BCUT2D eigenvalue weighted by atomic mass is 9.86. The van der Waals surface area contributed by atoms with Crippen molar-refractivity contribution in [2.75, 3.05) is 13.6 Å². The Bertz CT molecular complexity index is 450. The molecule has 1 fully saturated rings. The van der Waals surface area contributed by atoms with E-state index in [0.717, 1.165) is 30.2 Å². The number of carbonyl (C=O) groups is 1. The van der Waals surface area contributed by atoms with Gasteiger partial charge in [-0.05, 0) is 31.0 Å². The molecule has 1 aromatic rings. The zero-order chi connectivity index (χ0) is 13.8. The molecule has 0 spiro atoms. The Morgan fingerprint density at radius 3 is 2.84 bits per heavy atom. The second-order valence-electron chi connectivity index (χ2n) is 5.31. The van der Waals surface area contributed by atoms with Crippen LogP contribution in [0.2, 0.25) is 0 Å². The molecular formula is C15H20BrNO2. The molecular weight excluding hydrogens is 306 g/mol. The van der Waals surface area contributed by atoms with E-state index in [1.807, 2.05) is 31.3 Å². The second-order valence-corrected chi connectivity index (χ2v) is 6.22. The highest BCUT2D eigenvalue weighted by atomic mass is 79.9. The number of aliphatic hydroxyl groups excluding tert-OH is 1. The lowest BCUT2D eigenvalue weighted by Gasteiger charge is -2.31. The van der Waals surface area contributed by atoms with E-state index < -0.39 is 0 Å². The molecule has 1 aliphatic carbocycles. The quantitative estimate of drug-likeness (QED) is 0.927. The van der Waals surface area contributed by atoms with Gasteiger partial charge < -0.3 is 10.0 Å². The first-order valence-corrected chi connectivity index (χ1v) is 7.56. The number of hydrogen-bond acceptors (Lipinski definition) is 2. The third-order valence-electron chi connectivity index (χ3n) is 3.80. The van der Waals surface area contributed by atoms with Gasteiger partial charge in [-0.2, -0.15) is 0 Å². The number of hydrogen-bond donors (Lipinski definition) is 1. The average molecular weight is 326 g/mol. The third-order valence-corrected chi connectivity index (χ3v) is 4.29. The Labute approximate surface area is 122 Å². The number of halogens is 1. The van der Waals surface area contributed by atoms with Crippen molar-refractivity contribution in [3.05, 3.63) is 34.3 Å². The highest BCUT2D eigenvalue weighted by Gasteiger charge is 2.25. The molecule has 1 saturated carbocycles. The Kier molecular flexibility index (Phi) is 4.99. The van der Waals surface area contributed by atoms with Crippen molar-refractivity contribution >= 4 is 21.8 Å². The topological polar surface area (TPSA) is 40.5 Å². The summed E-state index contributed by atoms with van der Waals surface area (Å²) >= 11 is 3.38.